The Morgan fingerprint density at radius 3 is 3.06 bits per heavy atom. The fraction of sp³-hybridized carbons (Fsp3) is 0.545. The Morgan fingerprint density at radius 2 is 2.35 bits per heavy atom. The van der Waals surface area contributed by atoms with E-state index >= 15 is 0 Å². The Hall–Kier alpha value is -1.69. The lowest BCUT2D eigenvalue weighted by molar-refractivity contribution is 0.751. The third-order valence-electron chi connectivity index (χ3n) is 3.22. The van der Waals surface area contributed by atoms with Crippen LogP contribution in [0.5, 0.6) is 0 Å². The number of aryl methyl sites for hydroxylation is 1. The second-order valence-corrected chi connectivity index (χ2v) is 4.41. The van der Waals surface area contributed by atoms with Crippen LogP contribution in [0.4, 0.5) is 5.82 Å². The van der Waals surface area contributed by atoms with Crippen molar-refractivity contribution < 1.29 is 0 Å². The lowest BCUT2D eigenvalue weighted by Gasteiger charge is -2.16. The highest BCUT2D eigenvalue weighted by Gasteiger charge is 2.23. The van der Waals surface area contributed by atoms with E-state index < -0.39 is 0 Å². The highest BCUT2D eigenvalue weighted by Crippen LogP contribution is 2.21. The number of rotatable bonds is 2. The van der Waals surface area contributed by atoms with Crippen molar-refractivity contribution in [1.82, 2.24) is 19.6 Å². The molecule has 0 amide bonds. The average molecular weight is 232 g/mol. The van der Waals surface area contributed by atoms with Gasteiger partial charge in [-0.2, -0.15) is 0 Å². The first-order valence-electron chi connectivity index (χ1n) is 5.98. The van der Waals surface area contributed by atoms with Gasteiger partial charge in [-0.1, -0.05) is 6.92 Å². The maximum Gasteiger partial charge on any atom is 0.203 e. The molecule has 1 atom stereocenters. The van der Waals surface area contributed by atoms with Gasteiger partial charge in [0.1, 0.15) is 5.82 Å². The van der Waals surface area contributed by atoms with Gasteiger partial charge in [-0.3, -0.25) is 4.40 Å². The molecule has 1 saturated heterocycles. The summed E-state index contributed by atoms with van der Waals surface area (Å²) in [7, 11) is 0. The molecule has 3 rings (SSSR count). The van der Waals surface area contributed by atoms with Crippen molar-refractivity contribution in [2.45, 2.75) is 25.8 Å². The van der Waals surface area contributed by atoms with Crippen molar-refractivity contribution in [2.75, 3.05) is 18.0 Å². The summed E-state index contributed by atoms with van der Waals surface area (Å²) in [4.78, 5) is 6.61. The van der Waals surface area contributed by atoms with E-state index in [2.05, 4.69) is 27.0 Å². The summed E-state index contributed by atoms with van der Waals surface area (Å²) in [5.41, 5.74) is 6.76. The van der Waals surface area contributed by atoms with Gasteiger partial charge in [-0.05, 0) is 6.42 Å². The van der Waals surface area contributed by atoms with E-state index in [-0.39, 0.29) is 6.04 Å². The number of hydrogen-bond acceptors (Lipinski definition) is 5. The van der Waals surface area contributed by atoms with Crippen molar-refractivity contribution in [3.8, 4) is 0 Å². The second-order valence-electron chi connectivity index (χ2n) is 4.41. The normalized spacial score (nSPS) is 20.4. The number of aromatic nitrogens is 4. The number of nitrogens with two attached hydrogens (primary N) is 1. The number of fused-ring (bicyclic) bond motifs is 1. The SMILES string of the molecule is CCc1nnc2c(N3CC[C@H](N)C3)nccn12. The summed E-state index contributed by atoms with van der Waals surface area (Å²) >= 11 is 0. The van der Waals surface area contributed by atoms with Crippen LogP contribution in [0, 0.1) is 0 Å². The van der Waals surface area contributed by atoms with Crippen LogP contribution < -0.4 is 10.6 Å². The molecule has 1 aliphatic rings. The summed E-state index contributed by atoms with van der Waals surface area (Å²) in [5, 5.41) is 8.41. The first kappa shape index (κ1) is 10.5. The smallest absolute Gasteiger partial charge is 0.203 e. The van der Waals surface area contributed by atoms with Gasteiger partial charge >= 0.3 is 0 Å². The quantitative estimate of drug-likeness (QED) is 0.802. The van der Waals surface area contributed by atoms with Crippen LogP contribution in [0.2, 0.25) is 0 Å². The molecule has 0 unspecified atom stereocenters. The summed E-state index contributed by atoms with van der Waals surface area (Å²) in [6, 6.07) is 0.241. The molecule has 1 fully saturated rings. The van der Waals surface area contributed by atoms with Crippen molar-refractivity contribution in [1.29, 1.82) is 0 Å². The molecule has 17 heavy (non-hydrogen) atoms. The monoisotopic (exact) mass is 232 g/mol. The van der Waals surface area contributed by atoms with E-state index in [0.29, 0.717) is 0 Å². The van der Waals surface area contributed by atoms with E-state index in [0.717, 1.165) is 43.2 Å². The number of nitrogens with zero attached hydrogens (tertiary/aromatic N) is 5. The van der Waals surface area contributed by atoms with Crippen molar-refractivity contribution in [2.24, 2.45) is 5.73 Å². The van der Waals surface area contributed by atoms with Gasteiger partial charge in [0.2, 0.25) is 5.65 Å². The standard InChI is InChI=1S/C11H16N6/c1-2-9-14-15-11-10(13-4-6-17(9)11)16-5-3-8(12)7-16/h4,6,8H,2-3,5,7,12H2,1H3/t8-/m0/s1. The van der Waals surface area contributed by atoms with E-state index in [9.17, 15) is 0 Å². The van der Waals surface area contributed by atoms with Gasteiger partial charge in [-0.15, -0.1) is 10.2 Å². The molecular formula is C11H16N6. The topological polar surface area (TPSA) is 72.3 Å². The van der Waals surface area contributed by atoms with Gasteiger partial charge in [0.05, 0.1) is 0 Å². The number of hydrogen-bond donors (Lipinski definition) is 1. The van der Waals surface area contributed by atoms with Gasteiger partial charge in [-0.25, -0.2) is 4.98 Å². The second kappa shape index (κ2) is 3.96. The van der Waals surface area contributed by atoms with Crippen LogP contribution in [0.3, 0.4) is 0 Å². The van der Waals surface area contributed by atoms with Crippen LogP contribution in [-0.4, -0.2) is 38.7 Å². The molecule has 0 aromatic carbocycles. The largest absolute Gasteiger partial charge is 0.352 e. The fourth-order valence-corrected chi connectivity index (χ4v) is 2.30. The van der Waals surface area contributed by atoms with Gasteiger partial charge in [0, 0.05) is 37.9 Å². The average Bonchev–Trinajstić information content (AvgIpc) is 2.94. The van der Waals surface area contributed by atoms with Crippen molar-refractivity contribution in [3.05, 3.63) is 18.2 Å². The maximum absolute atomic E-state index is 5.93. The van der Waals surface area contributed by atoms with Crippen LogP contribution in [0.25, 0.3) is 5.65 Å². The van der Waals surface area contributed by atoms with Crippen molar-refractivity contribution >= 4 is 11.5 Å². The minimum absolute atomic E-state index is 0.241. The van der Waals surface area contributed by atoms with Crippen LogP contribution in [-0.2, 0) is 6.42 Å². The van der Waals surface area contributed by atoms with E-state index in [1.165, 1.54) is 0 Å². The van der Waals surface area contributed by atoms with Crippen LogP contribution >= 0.6 is 0 Å². The zero-order valence-electron chi connectivity index (χ0n) is 9.87. The molecule has 3 heterocycles. The van der Waals surface area contributed by atoms with E-state index in [1.807, 2.05) is 10.6 Å². The molecule has 2 N–H and O–H groups in total. The Morgan fingerprint density at radius 1 is 1.47 bits per heavy atom. The van der Waals surface area contributed by atoms with Gasteiger partial charge in [0.25, 0.3) is 0 Å². The summed E-state index contributed by atoms with van der Waals surface area (Å²) in [6.07, 6.45) is 5.59. The van der Waals surface area contributed by atoms with E-state index in [4.69, 9.17) is 5.73 Å². The third kappa shape index (κ3) is 1.64. The lowest BCUT2D eigenvalue weighted by Crippen LogP contribution is -2.27. The Balaban J connectivity index is 2.07. The molecule has 0 bridgehead atoms. The first-order chi connectivity index (χ1) is 8.29. The molecule has 0 spiro atoms. The van der Waals surface area contributed by atoms with Crippen molar-refractivity contribution in [3.63, 3.8) is 0 Å². The Bertz CT molecular complexity index is 534. The van der Waals surface area contributed by atoms with Gasteiger partial charge in [0.15, 0.2) is 5.82 Å². The van der Waals surface area contributed by atoms with Crippen LogP contribution in [0.1, 0.15) is 19.2 Å². The lowest BCUT2D eigenvalue weighted by atomic mass is 10.3. The molecule has 1 aliphatic heterocycles. The summed E-state index contributed by atoms with van der Waals surface area (Å²) < 4.78 is 2.01. The molecule has 2 aromatic rings. The third-order valence-corrected chi connectivity index (χ3v) is 3.22. The molecule has 90 valence electrons. The maximum atomic E-state index is 5.93. The molecule has 0 aliphatic carbocycles. The Kier molecular flexibility index (Phi) is 2.44. The molecule has 0 radical (unpaired) electrons. The predicted octanol–water partition coefficient (Wildman–Crippen LogP) is 0.224. The zero-order chi connectivity index (χ0) is 11.8. The molecule has 6 nitrogen and oxygen atoms in total. The summed E-state index contributed by atoms with van der Waals surface area (Å²) in [6.45, 7) is 3.87. The first-order valence-corrected chi connectivity index (χ1v) is 5.98. The highest BCUT2D eigenvalue weighted by atomic mass is 15.3. The van der Waals surface area contributed by atoms with Crippen LogP contribution in [0.15, 0.2) is 12.4 Å². The molecular weight excluding hydrogens is 216 g/mol. The van der Waals surface area contributed by atoms with E-state index in [1.54, 1.807) is 6.20 Å². The minimum atomic E-state index is 0.241. The summed E-state index contributed by atoms with van der Waals surface area (Å²) in [5.74, 6) is 1.86. The van der Waals surface area contributed by atoms with Gasteiger partial charge < -0.3 is 10.6 Å². The minimum Gasteiger partial charge on any atom is -0.352 e. The zero-order valence-corrected chi connectivity index (χ0v) is 9.87. The molecule has 0 saturated carbocycles. The highest BCUT2D eigenvalue weighted by molar-refractivity contribution is 5.64. The fourth-order valence-electron chi connectivity index (χ4n) is 2.30. The predicted molar refractivity (Wildman–Crippen MR) is 65.0 cm³/mol. The number of anilines is 1. The molecule has 2 aromatic heterocycles. The molecule has 6 heteroatoms. The Labute approximate surface area is 99.5 Å².